The van der Waals surface area contributed by atoms with Crippen molar-refractivity contribution in [1.82, 2.24) is 10.2 Å². The van der Waals surface area contributed by atoms with Gasteiger partial charge < -0.3 is 20.1 Å². The summed E-state index contributed by atoms with van der Waals surface area (Å²) in [6, 6.07) is -1.08. The molecule has 7 nitrogen and oxygen atoms in total. The van der Waals surface area contributed by atoms with Gasteiger partial charge in [-0.3, -0.25) is 14.4 Å². The fraction of sp³-hybridized carbons (Fsp3) is 0.870. The van der Waals surface area contributed by atoms with Crippen LogP contribution in [-0.4, -0.2) is 69.6 Å². The van der Waals surface area contributed by atoms with Gasteiger partial charge >= 0.3 is 5.97 Å². The number of esters is 1. The fourth-order valence-corrected chi connectivity index (χ4v) is 7.99. The van der Waals surface area contributed by atoms with Crippen LogP contribution in [0.2, 0.25) is 0 Å². The van der Waals surface area contributed by atoms with E-state index in [1.54, 1.807) is 23.6 Å². The van der Waals surface area contributed by atoms with Crippen molar-refractivity contribution < 1.29 is 24.2 Å². The fourth-order valence-electron chi connectivity index (χ4n) is 5.79. The highest BCUT2D eigenvalue weighted by molar-refractivity contribution is 8.02. The van der Waals surface area contributed by atoms with Crippen molar-refractivity contribution in [3.05, 3.63) is 0 Å². The number of aliphatic hydroxyl groups is 1. The summed E-state index contributed by atoms with van der Waals surface area (Å²) >= 11 is 1.64. The van der Waals surface area contributed by atoms with Crippen molar-refractivity contribution in [3.63, 3.8) is 0 Å². The number of carbonyl (C=O) groups is 3. The Labute approximate surface area is 190 Å². The predicted molar refractivity (Wildman–Crippen MR) is 120 cm³/mol. The van der Waals surface area contributed by atoms with Gasteiger partial charge in [-0.25, -0.2) is 0 Å². The van der Waals surface area contributed by atoms with Crippen LogP contribution >= 0.6 is 11.8 Å². The zero-order valence-electron chi connectivity index (χ0n) is 19.3. The zero-order chi connectivity index (χ0) is 22.8. The maximum absolute atomic E-state index is 13.8. The van der Waals surface area contributed by atoms with Gasteiger partial charge in [-0.1, -0.05) is 33.6 Å². The number of nitrogens with one attached hydrogen (secondary N) is 1. The van der Waals surface area contributed by atoms with Crippen molar-refractivity contribution in [2.75, 3.05) is 19.8 Å². The zero-order valence-corrected chi connectivity index (χ0v) is 20.1. The Morgan fingerprint density at radius 3 is 2.68 bits per heavy atom. The Balaban J connectivity index is 1.95. The van der Waals surface area contributed by atoms with Gasteiger partial charge in [0.15, 0.2) is 0 Å². The topological polar surface area (TPSA) is 95.9 Å². The van der Waals surface area contributed by atoms with E-state index in [9.17, 15) is 19.5 Å². The largest absolute Gasteiger partial charge is 0.466 e. The van der Waals surface area contributed by atoms with E-state index < -0.39 is 28.7 Å². The van der Waals surface area contributed by atoms with Crippen LogP contribution in [0.15, 0.2) is 0 Å². The Bertz CT molecular complexity index is 687. The van der Waals surface area contributed by atoms with Gasteiger partial charge in [-0.05, 0) is 38.5 Å². The molecule has 176 valence electrons. The number of likely N-dealkylation sites (tertiary alicyclic amines) is 1. The Morgan fingerprint density at radius 1 is 1.32 bits per heavy atom. The molecule has 1 spiro atoms. The van der Waals surface area contributed by atoms with Crippen molar-refractivity contribution in [1.29, 1.82) is 0 Å². The molecule has 0 aliphatic carbocycles. The molecule has 3 aliphatic heterocycles. The Morgan fingerprint density at radius 2 is 2.06 bits per heavy atom. The molecule has 3 saturated heterocycles. The standard InChI is InChI=1S/C23H38N2O5S/c1-5-7-8-11-24-20(27)19-23-10-9-16(31-23)17(22(29)30-6-2)18(23)21(28)25(19)15(13-26)12-14(3)4/h14-19,26H,5-13H2,1-4H3,(H,24,27)/t15-,16-,17+,18+,19?,23?/m1/s1. The number of nitrogens with zero attached hydrogens (tertiary/aromatic N) is 1. The summed E-state index contributed by atoms with van der Waals surface area (Å²) in [4.78, 5) is 41.7. The summed E-state index contributed by atoms with van der Waals surface area (Å²) in [6.45, 7) is 8.64. The number of amides is 2. The van der Waals surface area contributed by atoms with E-state index in [0.29, 0.717) is 13.0 Å². The second-order valence-electron chi connectivity index (χ2n) is 9.52. The molecule has 3 heterocycles. The number of ether oxygens (including phenoxy) is 1. The van der Waals surface area contributed by atoms with Crippen LogP contribution in [0.4, 0.5) is 0 Å². The minimum atomic E-state index is -0.656. The number of fused-ring (bicyclic) bond motifs is 1. The molecule has 0 aromatic carbocycles. The van der Waals surface area contributed by atoms with Crippen molar-refractivity contribution in [3.8, 4) is 0 Å². The first-order valence-electron chi connectivity index (χ1n) is 11.9. The van der Waals surface area contributed by atoms with Crippen LogP contribution in [0, 0.1) is 17.8 Å². The average Bonchev–Trinajstić information content (AvgIpc) is 3.36. The van der Waals surface area contributed by atoms with Crippen LogP contribution < -0.4 is 5.32 Å². The minimum Gasteiger partial charge on any atom is -0.466 e. The number of rotatable bonds is 11. The second kappa shape index (κ2) is 10.1. The summed E-state index contributed by atoms with van der Waals surface area (Å²) in [6.07, 6.45) is 5.15. The smallest absolute Gasteiger partial charge is 0.310 e. The second-order valence-corrected chi connectivity index (χ2v) is 11.1. The molecule has 2 amide bonds. The van der Waals surface area contributed by atoms with Gasteiger partial charge in [0.1, 0.15) is 6.04 Å². The van der Waals surface area contributed by atoms with Gasteiger partial charge in [-0.2, -0.15) is 0 Å². The van der Waals surface area contributed by atoms with Crippen LogP contribution in [0.1, 0.15) is 66.2 Å². The van der Waals surface area contributed by atoms with Crippen LogP contribution in [0.25, 0.3) is 0 Å². The molecule has 2 bridgehead atoms. The number of unbranched alkanes of at least 4 members (excludes halogenated alkanes) is 2. The molecule has 3 aliphatic rings. The van der Waals surface area contributed by atoms with E-state index >= 15 is 0 Å². The first kappa shape index (κ1) is 24.4. The lowest BCUT2D eigenvalue weighted by Gasteiger charge is -2.37. The van der Waals surface area contributed by atoms with E-state index in [1.165, 1.54) is 0 Å². The molecule has 2 N–H and O–H groups in total. The molecule has 8 heteroatoms. The molecule has 3 fully saturated rings. The monoisotopic (exact) mass is 454 g/mol. The number of hydrogen-bond donors (Lipinski definition) is 2. The highest BCUT2D eigenvalue weighted by Gasteiger charge is 2.74. The third kappa shape index (κ3) is 4.34. The van der Waals surface area contributed by atoms with Crippen LogP contribution in [0.5, 0.6) is 0 Å². The van der Waals surface area contributed by atoms with Crippen LogP contribution in [0.3, 0.4) is 0 Å². The van der Waals surface area contributed by atoms with E-state index in [2.05, 4.69) is 12.2 Å². The highest BCUT2D eigenvalue weighted by Crippen LogP contribution is 2.66. The molecule has 31 heavy (non-hydrogen) atoms. The summed E-state index contributed by atoms with van der Waals surface area (Å²) < 4.78 is 4.72. The molecule has 0 aromatic rings. The minimum absolute atomic E-state index is 0.0169. The summed E-state index contributed by atoms with van der Waals surface area (Å²) in [7, 11) is 0. The number of hydrogen-bond acceptors (Lipinski definition) is 6. The van der Waals surface area contributed by atoms with Crippen LogP contribution in [-0.2, 0) is 19.1 Å². The predicted octanol–water partition coefficient (Wildman–Crippen LogP) is 2.35. The Hall–Kier alpha value is -1.28. The number of carbonyl (C=O) groups excluding carboxylic acids is 3. The van der Waals surface area contributed by atoms with Crippen molar-refractivity contribution >= 4 is 29.5 Å². The van der Waals surface area contributed by atoms with Gasteiger partial charge in [0, 0.05) is 11.8 Å². The number of aliphatic hydroxyl groups excluding tert-OH is 1. The lowest BCUT2D eigenvalue weighted by Crippen LogP contribution is -2.56. The molecule has 0 radical (unpaired) electrons. The lowest BCUT2D eigenvalue weighted by atomic mass is 9.71. The average molecular weight is 455 g/mol. The molecular formula is C23H38N2O5S. The highest BCUT2D eigenvalue weighted by atomic mass is 32.2. The molecule has 2 unspecified atom stereocenters. The molecule has 3 rings (SSSR count). The van der Waals surface area contributed by atoms with E-state index in [1.807, 2.05) is 13.8 Å². The summed E-state index contributed by atoms with van der Waals surface area (Å²) in [5.41, 5.74) is 0. The Kier molecular flexibility index (Phi) is 7.95. The SMILES string of the molecule is CCCCCNC(=O)C1N([C@@H](CO)CC(C)C)C(=O)[C@@H]2[C@@H](C(=O)OCC)[C@H]3CCC12S3. The molecule has 6 atom stereocenters. The lowest BCUT2D eigenvalue weighted by molar-refractivity contribution is -0.154. The maximum atomic E-state index is 13.8. The first-order chi connectivity index (χ1) is 14.8. The summed E-state index contributed by atoms with van der Waals surface area (Å²) in [5.74, 6) is -1.44. The van der Waals surface area contributed by atoms with Crippen molar-refractivity contribution in [2.45, 2.75) is 88.3 Å². The number of thioether (sulfide) groups is 1. The normalized spacial score (nSPS) is 32.5. The van der Waals surface area contributed by atoms with E-state index in [4.69, 9.17) is 4.74 Å². The third-order valence-corrected chi connectivity index (χ3v) is 8.92. The van der Waals surface area contributed by atoms with E-state index in [-0.39, 0.29) is 42.2 Å². The van der Waals surface area contributed by atoms with E-state index in [0.717, 1.165) is 32.1 Å². The molecule has 0 aromatic heterocycles. The van der Waals surface area contributed by atoms with Gasteiger partial charge in [0.25, 0.3) is 0 Å². The van der Waals surface area contributed by atoms with Gasteiger partial charge in [0.05, 0.1) is 35.8 Å². The molecular weight excluding hydrogens is 416 g/mol. The first-order valence-corrected chi connectivity index (χ1v) is 12.7. The van der Waals surface area contributed by atoms with Crippen molar-refractivity contribution in [2.24, 2.45) is 17.8 Å². The maximum Gasteiger partial charge on any atom is 0.310 e. The molecule has 0 saturated carbocycles. The third-order valence-electron chi connectivity index (χ3n) is 6.97. The summed E-state index contributed by atoms with van der Waals surface area (Å²) in [5, 5.41) is 13.2. The van der Waals surface area contributed by atoms with Gasteiger partial charge in [-0.15, -0.1) is 11.8 Å². The van der Waals surface area contributed by atoms with Gasteiger partial charge in [0.2, 0.25) is 11.8 Å². The quantitative estimate of drug-likeness (QED) is 0.368.